The van der Waals surface area contributed by atoms with Crippen LogP contribution in [0.5, 0.6) is 0 Å². The van der Waals surface area contributed by atoms with E-state index in [0.717, 1.165) is 17.8 Å². The maximum atomic E-state index is 10.9. The summed E-state index contributed by atoms with van der Waals surface area (Å²) in [6.07, 6.45) is 5.08. The summed E-state index contributed by atoms with van der Waals surface area (Å²) in [5, 5.41) is 0. The van der Waals surface area contributed by atoms with Gasteiger partial charge < -0.3 is 9.64 Å². The Morgan fingerprint density at radius 1 is 1.60 bits per heavy atom. The van der Waals surface area contributed by atoms with Crippen LogP contribution >= 0.6 is 0 Å². The number of rotatable bonds is 3. The molecule has 2 rings (SSSR count). The van der Waals surface area contributed by atoms with Gasteiger partial charge >= 0.3 is 5.97 Å². The Hall–Kier alpha value is -1.84. The van der Waals surface area contributed by atoms with Crippen LogP contribution < -0.4 is 0 Å². The monoisotopic (exact) mass is 204 g/mol. The molecular weight excluding hydrogens is 192 g/mol. The molecule has 0 saturated heterocycles. The summed E-state index contributed by atoms with van der Waals surface area (Å²) in [6, 6.07) is 3.90. The summed E-state index contributed by atoms with van der Waals surface area (Å²) in [6.45, 7) is 1.10. The van der Waals surface area contributed by atoms with E-state index in [2.05, 4.69) is 4.98 Å². The van der Waals surface area contributed by atoms with Crippen LogP contribution in [0, 0.1) is 0 Å². The van der Waals surface area contributed by atoms with Crippen LogP contribution in [0.2, 0.25) is 0 Å². The number of carbonyl (C=O) groups is 1. The zero-order chi connectivity index (χ0) is 10.7. The molecule has 78 valence electrons. The van der Waals surface area contributed by atoms with Crippen LogP contribution in [0.3, 0.4) is 0 Å². The maximum absolute atomic E-state index is 10.9. The number of ether oxygens (including phenoxy) is 1. The normalized spacial score (nSPS) is 14.7. The zero-order valence-corrected chi connectivity index (χ0v) is 8.51. The summed E-state index contributed by atoms with van der Waals surface area (Å²) in [5.41, 5.74) is 2.02. The van der Waals surface area contributed by atoms with Crippen LogP contribution in [0.4, 0.5) is 0 Å². The van der Waals surface area contributed by atoms with Crippen molar-refractivity contribution >= 4 is 5.97 Å². The molecule has 4 nitrogen and oxygen atoms in total. The number of cyclic esters (lactones) is 1. The SMILES string of the molecule is CN(Cc1cccnc1)C1=CC(=O)OC1. The fourth-order valence-corrected chi connectivity index (χ4v) is 1.45. The minimum Gasteiger partial charge on any atom is -0.456 e. The number of aromatic nitrogens is 1. The van der Waals surface area contributed by atoms with E-state index in [9.17, 15) is 4.79 Å². The summed E-state index contributed by atoms with van der Waals surface area (Å²) in [7, 11) is 1.93. The van der Waals surface area contributed by atoms with Gasteiger partial charge in [-0.25, -0.2) is 4.79 Å². The molecule has 1 aromatic heterocycles. The first-order chi connectivity index (χ1) is 7.25. The average Bonchev–Trinajstić information content (AvgIpc) is 2.66. The first-order valence-corrected chi connectivity index (χ1v) is 4.73. The first kappa shape index (κ1) is 9.71. The van der Waals surface area contributed by atoms with E-state index < -0.39 is 0 Å². The molecule has 0 N–H and O–H groups in total. The van der Waals surface area contributed by atoms with Crippen molar-refractivity contribution in [3.8, 4) is 0 Å². The standard InChI is InChI=1S/C11H12N2O2/c1-13(10-5-11(14)15-8-10)7-9-3-2-4-12-6-9/h2-6H,7-8H2,1H3. The Morgan fingerprint density at radius 3 is 3.07 bits per heavy atom. The van der Waals surface area contributed by atoms with Gasteiger partial charge in [-0.3, -0.25) is 4.98 Å². The van der Waals surface area contributed by atoms with Crippen molar-refractivity contribution in [3.05, 3.63) is 41.9 Å². The van der Waals surface area contributed by atoms with Crippen molar-refractivity contribution in [3.63, 3.8) is 0 Å². The highest BCUT2D eigenvalue weighted by Crippen LogP contribution is 2.12. The summed E-state index contributed by atoms with van der Waals surface area (Å²) in [4.78, 5) is 16.9. The molecule has 0 bridgehead atoms. The van der Waals surface area contributed by atoms with Crippen molar-refractivity contribution in [2.75, 3.05) is 13.7 Å². The van der Waals surface area contributed by atoms with E-state index in [1.54, 1.807) is 6.20 Å². The molecule has 4 heteroatoms. The van der Waals surface area contributed by atoms with Crippen molar-refractivity contribution in [2.45, 2.75) is 6.54 Å². The summed E-state index contributed by atoms with van der Waals surface area (Å²) in [5.74, 6) is -0.261. The van der Waals surface area contributed by atoms with Crippen molar-refractivity contribution in [2.24, 2.45) is 0 Å². The molecular formula is C11H12N2O2. The minimum atomic E-state index is -0.261. The Bertz CT molecular complexity index is 387. The van der Waals surface area contributed by atoms with E-state index >= 15 is 0 Å². The Kier molecular flexibility index (Phi) is 2.67. The first-order valence-electron chi connectivity index (χ1n) is 4.73. The number of hydrogen-bond donors (Lipinski definition) is 0. The highest BCUT2D eigenvalue weighted by atomic mass is 16.5. The van der Waals surface area contributed by atoms with Gasteiger partial charge in [-0.2, -0.15) is 0 Å². The van der Waals surface area contributed by atoms with Gasteiger partial charge in [0.2, 0.25) is 0 Å². The molecule has 0 amide bonds. The van der Waals surface area contributed by atoms with Gasteiger partial charge in [0.05, 0.1) is 5.70 Å². The second-order valence-corrected chi connectivity index (χ2v) is 3.46. The summed E-state index contributed by atoms with van der Waals surface area (Å²) >= 11 is 0. The molecule has 0 radical (unpaired) electrons. The van der Waals surface area contributed by atoms with E-state index in [-0.39, 0.29) is 5.97 Å². The largest absolute Gasteiger partial charge is 0.456 e. The molecule has 0 spiro atoms. The number of hydrogen-bond acceptors (Lipinski definition) is 4. The molecule has 1 aliphatic heterocycles. The number of likely N-dealkylation sites (N-methyl/N-ethyl adjacent to an activating group) is 1. The topological polar surface area (TPSA) is 42.4 Å². The van der Waals surface area contributed by atoms with E-state index in [0.29, 0.717) is 6.61 Å². The molecule has 0 saturated carbocycles. The predicted octanol–water partition coefficient (Wildman–Crippen LogP) is 0.954. The molecule has 1 aliphatic rings. The predicted molar refractivity (Wildman–Crippen MR) is 54.7 cm³/mol. The van der Waals surface area contributed by atoms with Crippen LogP contribution in [0.25, 0.3) is 0 Å². The molecule has 0 aromatic carbocycles. The van der Waals surface area contributed by atoms with Gasteiger partial charge in [-0.1, -0.05) is 6.07 Å². The molecule has 0 atom stereocenters. The smallest absolute Gasteiger partial charge is 0.333 e. The molecule has 2 heterocycles. The van der Waals surface area contributed by atoms with Gasteiger partial charge in [0.1, 0.15) is 6.61 Å². The summed E-state index contributed by atoms with van der Waals surface area (Å²) < 4.78 is 4.84. The quantitative estimate of drug-likeness (QED) is 0.687. The van der Waals surface area contributed by atoms with Crippen LogP contribution in [0.1, 0.15) is 5.56 Å². The second-order valence-electron chi connectivity index (χ2n) is 3.46. The molecule has 0 fully saturated rings. The molecule has 0 unspecified atom stereocenters. The fourth-order valence-electron chi connectivity index (χ4n) is 1.45. The van der Waals surface area contributed by atoms with E-state index in [1.165, 1.54) is 6.08 Å². The highest BCUT2D eigenvalue weighted by Gasteiger charge is 2.16. The third kappa shape index (κ3) is 2.34. The Balaban J connectivity index is 2.01. The van der Waals surface area contributed by atoms with Gasteiger partial charge in [0.15, 0.2) is 0 Å². The zero-order valence-electron chi connectivity index (χ0n) is 8.51. The van der Waals surface area contributed by atoms with Crippen LogP contribution in [-0.4, -0.2) is 29.5 Å². The van der Waals surface area contributed by atoms with Gasteiger partial charge in [-0.15, -0.1) is 0 Å². The Morgan fingerprint density at radius 2 is 2.47 bits per heavy atom. The molecule has 0 aliphatic carbocycles. The second kappa shape index (κ2) is 4.13. The van der Waals surface area contributed by atoms with E-state index in [1.807, 2.05) is 30.3 Å². The maximum Gasteiger partial charge on any atom is 0.333 e. The lowest BCUT2D eigenvalue weighted by Gasteiger charge is -2.18. The van der Waals surface area contributed by atoms with Crippen molar-refractivity contribution < 1.29 is 9.53 Å². The molecule has 15 heavy (non-hydrogen) atoms. The third-order valence-corrected chi connectivity index (χ3v) is 2.28. The Labute approximate surface area is 88.2 Å². The third-order valence-electron chi connectivity index (χ3n) is 2.28. The van der Waals surface area contributed by atoms with Gasteiger partial charge in [0.25, 0.3) is 0 Å². The van der Waals surface area contributed by atoms with Crippen molar-refractivity contribution in [1.29, 1.82) is 0 Å². The number of esters is 1. The van der Waals surface area contributed by atoms with E-state index in [4.69, 9.17) is 4.74 Å². The van der Waals surface area contributed by atoms with Gasteiger partial charge in [0, 0.05) is 32.1 Å². The lowest BCUT2D eigenvalue weighted by molar-refractivity contribution is -0.135. The fraction of sp³-hybridized carbons (Fsp3) is 0.273. The van der Waals surface area contributed by atoms with Crippen molar-refractivity contribution in [1.82, 2.24) is 9.88 Å². The number of carbonyl (C=O) groups excluding carboxylic acids is 1. The number of nitrogens with zero attached hydrogens (tertiary/aromatic N) is 2. The lowest BCUT2D eigenvalue weighted by Crippen LogP contribution is -2.18. The van der Waals surface area contributed by atoms with Crippen LogP contribution in [0.15, 0.2) is 36.3 Å². The van der Waals surface area contributed by atoms with Crippen LogP contribution in [-0.2, 0) is 16.1 Å². The average molecular weight is 204 g/mol. The molecule has 1 aromatic rings. The lowest BCUT2D eigenvalue weighted by atomic mass is 10.2. The van der Waals surface area contributed by atoms with Gasteiger partial charge in [-0.05, 0) is 11.6 Å². The number of pyridine rings is 1. The minimum absolute atomic E-state index is 0.261. The highest BCUT2D eigenvalue weighted by molar-refractivity contribution is 5.85.